The largest absolute Gasteiger partial charge is 0.495 e. The van der Waals surface area contributed by atoms with Crippen molar-refractivity contribution in [3.8, 4) is 11.5 Å². The SMILES string of the molecule is COc1ccc(NC(=O)COC(=O)c2cc3ccccc3cc2OCc2c(C)noc2C)cc1Cl. The topological polar surface area (TPSA) is 99.9 Å². The van der Waals surface area contributed by atoms with Crippen LogP contribution in [0.5, 0.6) is 11.5 Å². The van der Waals surface area contributed by atoms with Gasteiger partial charge in [-0.25, -0.2) is 4.79 Å². The number of nitrogens with one attached hydrogen (secondary N) is 1. The van der Waals surface area contributed by atoms with E-state index in [1.54, 1.807) is 37.3 Å². The first-order valence-electron chi connectivity index (χ1n) is 10.7. The highest BCUT2D eigenvalue weighted by molar-refractivity contribution is 6.32. The van der Waals surface area contributed by atoms with E-state index in [0.717, 1.165) is 16.3 Å². The smallest absolute Gasteiger partial charge is 0.342 e. The molecule has 4 rings (SSSR count). The summed E-state index contributed by atoms with van der Waals surface area (Å²) in [4.78, 5) is 25.3. The van der Waals surface area contributed by atoms with Crippen LogP contribution in [0.1, 0.15) is 27.4 Å². The Bertz CT molecular complexity index is 1380. The quantitative estimate of drug-likeness (QED) is 0.324. The van der Waals surface area contributed by atoms with Gasteiger partial charge in [0.05, 0.1) is 23.4 Å². The number of nitrogens with zero attached hydrogens (tertiary/aromatic N) is 1. The van der Waals surface area contributed by atoms with Crippen molar-refractivity contribution in [2.45, 2.75) is 20.5 Å². The molecule has 1 heterocycles. The summed E-state index contributed by atoms with van der Waals surface area (Å²) in [5.74, 6) is 0.251. The molecule has 0 spiro atoms. The first-order chi connectivity index (χ1) is 16.9. The van der Waals surface area contributed by atoms with E-state index in [-0.39, 0.29) is 12.2 Å². The highest BCUT2D eigenvalue weighted by atomic mass is 35.5. The van der Waals surface area contributed by atoms with Gasteiger partial charge in [0.25, 0.3) is 5.91 Å². The zero-order chi connectivity index (χ0) is 24.9. The minimum absolute atomic E-state index is 0.165. The Morgan fingerprint density at radius 3 is 2.43 bits per heavy atom. The second-order valence-corrected chi connectivity index (χ2v) is 8.17. The minimum atomic E-state index is -0.688. The molecule has 0 bridgehead atoms. The van der Waals surface area contributed by atoms with Crippen molar-refractivity contribution in [3.05, 3.63) is 82.2 Å². The van der Waals surface area contributed by atoms with Crippen LogP contribution >= 0.6 is 11.6 Å². The highest BCUT2D eigenvalue weighted by Crippen LogP contribution is 2.29. The number of ether oxygens (including phenoxy) is 3. The first kappa shape index (κ1) is 24.1. The Morgan fingerprint density at radius 1 is 1.03 bits per heavy atom. The molecule has 1 aromatic heterocycles. The van der Waals surface area contributed by atoms with Gasteiger partial charge in [-0.2, -0.15) is 0 Å². The molecule has 0 saturated heterocycles. The fourth-order valence-electron chi connectivity index (χ4n) is 3.51. The van der Waals surface area contributed by atoms with E-state index in [9.17, 15) is 9.59 Å². The van der Waals surface area contributed by atoms with Gasteiger partial charge >= 0.3 is 5.97 Å². The van der Waals surface area contributed by atoms with E-state index < -0.39 is 18.5 Å². The van der Waals surface area contributed by atoms with Gasteiger partial charge < -0.3 is 24.1 Å². The van der Waals surface area contributed by atoms with Crippen LogP contribution in [-0.4, -0.2) is 30.7 Å². The van der Waals surface area contributed by atoms with Gasteiger partial charge in [-0.05, 0) is 55.0 Å². The Hall–Kier alpha value is -4.04. The molecular formula is C26H23ClN2O6. The highest BCUT2D eigenvalue weighted by Gasteiger charge is 2.19. The van der Waals surface area contributed by atoms with Crippen LogP contribution in [0.4, 0.5) is 5.69 Å². The lowest BCUT2D eigenvalue weighted by Gasteiger charge is -2.13. The van der Waals surface area contributed by atoms with Crippen LogP contribution in [0.25, 0.3) is 10.8 Å². The predicted molar refractivity (Wildman–Crippen MR) is 131 cm³/mol. The molecule has 0 aliphatic heterocycles. The number of anilines is 1. The van der Waals surface area contributed by atoms with Gasteiger partial charge in [0.1, 0.15) is 29.4 Å². The zero-order valence-corrected chi connectivity index (χ0v) is 20.1. The van der Waals surface area contributed by atoms with Crippen molar-refractivity contribution in [2.75, 3.05) is 19.0 Å². The Morgan fingerprint density at radius 2 is 1.77 bits per heavy atom. The molecule has 0 unspecified atom stereocenters. The molecular weight excluding hydrogens is 472 g/mol. The van der Waals surface area contributed by atoms with Gasteiger partial charge in [-0.15, -0.1) is 0 Å². The number of hydrogen-bond donors (Lipinski definition) is 1. The number of rotatable bonds is 8. The van der Waals surface area contributed by atoms with E-state index in [2.05, 4.69) is 10.5 Å². The average Bonchev–Trinajstić information content (AvgIpc) is 3.17. The molecule has 0 fully saturated rings. The fourth-order valence-corrected chi connectivity index (χ4v) is 3.76. The molecule has 1 N–H and O–H groups in total. The molecule has 35 heavy (non-hydrogen) atoms. The van der Waals surface area contributed by atoms with Gasteiger partial charge in [-0.1, -0.05) is 41.0 Å². The molecule has 3 aromatic carbocycles. The lowest BCUT2D eigenvalue weighted by molar-refractivity contribution is -0.119. The number of halogens is 1. The maximum atomic E-state index is 12.9. The van der Waals surface area contributed by atoms with Crippen molar-refractivity contribution in [1.82, 2.24) is 5.16 Å². The third kappa shape index (κ3) is 5.55. The van der Waals surface area contributed by atoms with Crippen LogP contribution in [0, 0.1) is 13.8 Å². The molecule has 0 aliphatic rings. The van der Waals surface area contributed by atoms with Crippen molar-refractivity contribution in [2.24, 2.45) is 0 Å². The summed E-state index contributed by atoms with van der Waals surface area (Å²) in [6.45, 7) is 3.29. The van der Waals surface area contributed by atoms with Crippen LogP contribution in [-0.2, 0) is 16.1 Å². The van der Waals surface area contributed by atoms with Crippen molar-refractivity contribution >= 4 is 39.9 Å². The van der Waals surface area contributed by atoms with Crippen LogP contribution in [0.15, 0.2) is 59.1 Å². The molecule has 9 heteroatoms. The second-order valence-electron chi connectivity index (χ2n) is 7.76. The van der Waals surface area contributed by atoms with Gasteiger partial charge in [0, 0.05) is 5.69 Å². The van der Waals surface area contributed by atoms with E-state index in [0.29, 0.717) is 33.7 Å². The van der Waals surface area contributed by atoms with Gasteiger partial charge in [0.2, 0.25) is 0 Å². The summed E-state index contributed by atoms with van der Waals surface area (Å²) in [7, 11) is 1.50. The number of fused-ring (bicyclic) bond motifs is 1. The second kappa shape index (κ2) is 10.5. The van der Waals surface area contributed by atoms with Crippen molar-refractivity contribution in [3.63, 3.8) is 0 Å². The van der Waals surface area contributed by atoms with E-state index in [1.807, 2.05) is 31.2 Å². The number of esters is 1. The Kier molecular flexibility index (Phi) is 7.22. The number of benzene rings is 3. The van der Waals surface area contributed by atoms with E-state index >= 15 is 0 Å². The lowest BCUT2D eigenvalue weighted by Crippen LogP contribution is -2.21. The van der Waals surface area contributed by atoms with Crippen LogP contribution in [0.2, 0.25) is 5.02 Å². The van der Waals surface area contributed by atoms with Crippen LogP contribution in [0.3, 0.4) is 0 Å². The average molecular weight is 495 g/mol. The summed E-state index contributed by atoms with van der Waals surface area (Å²) in [6.07, 6.45) is 0. The Labute approximate surface area is 206 Å². The zero-order valence-electron chi connectivity index (χ0n) is 19.4. The van der Waals surface area contributed by atoms with Crippen molar-refractivity contribution in [1.29, 1.82) is 0 Å². The van der Waals surface area contributed by atoms with Crippen molar-refractivity contribution < 1.29 is 28.3 Å². The van der Waals surface area contributed by atoms with E-state index in [4.69, 9.17) is 30.3 Å². The molecule has 8 nitrogen and oxygen atoms in total. The molecule has 0 saturated carbocycles. The normalized spacial score (nSPS) is 10.7. The van der Waals surface area contributed by atoms with Gasteiger partial charge in [-0.3, -0.25) is 4.79 Å². The Balaban J connectivity index is 1.49. The predicted octanol–water partition coefficient (Wildman–Crippen LogP) is 5.48. The summed E-state index contributed by atoms with van der Waals surface area (Å²) in [6, 6.07) is 15.8. The van der Waals surface area contributed by atoms with Crippen LogP contribution < -0.4 is 14.8 Å². The fraction of sp³-hybridized carbons (Fsp3) is 0.192. The summed E-state index contributed by atoms with van der Waals surface area (Å²) in [5.41, 5.74) is 2.17. The lowest BCUT2D eigenvalue weighted by atomic mass is 10.1. The standard InChI is InChI=1S/C26H23ClN2O6/c1-15-21(16(2)35-29-15)13-33-24-11-18-7-5-4-6-17(18)10-20(24)26(31)34-14-25(30)28-19-8-9-23(32-3)22(27)12-19/h4-12H,13-14H2,1-3H3,(H,28,30). The number of amides is 1. The summed E-state index contributed by atoms with van der Waals surface area (Å²) >= 11 is 6.09. The maximum absolute atomic E-state index is 12.9. The third-order valence-corrected chi connectivity index (χ3v) is 5.69. The van der Waals surface area contributed by atoms with E-state index in [1.165, 1.54) is 7.11 Å². The number of carbonyl (C=O) groups is 2. The minimum Gasteiger partial charge on any atom is -0.495 e. The molecule has 1 amide bonds. The summed E-state index contributed by atoms with van der Waals surface area (Å²) in [5, 5.41) is 8.64. The molecule has 0 aliphatic carbocycles. The van der Waals surface area contributed by atoms with Gasteiger partial charge in [0.15, 0.2) is 6.61 Å². The number of hydrogen-bond acceptors (Lipinski definition) is 7. The number of aryl methyl sites for hydroxylation is 2. The molecule has 180 valence electrons. The summed E-state index contributed by atoms with van der Waals surface area (Å²) < 4.78 is 21.6. The first-order valence-corrected chi connectivity index (χ1v) is 11.1. The molecule has 0 radical (unpaired) electrons. The monoisotopic (exact) mass is 494 g/mol. The third-order valence-electron chi connectivity index (χ3n) is 5.39. The number of methoxy groups -OCH3 is 1. The number of carbonyl (C=O) groups excluding carboxylic acids is 2. The number of aromatic nitrogens is 1. The maximum Gasteiger partial charge on any atom is 0.342 e. The molecule has 4 aromatic rings. The molecule has 0 atom stereocenters.